The van der Waals surface area contributed by atoms with Gasteiger partial charge < -0.3 is 27.0 Å². The molecule has 0 radical (unpaired) electrons. The summed E-state index contributed by atoms with van der Waals surface area (Å²) < 4.78 is 7.01. The van der Waals surface area contributed by atoms with E-state index in [4.69, 9.17) is 27.0 Å². The number of nitrogens with one attached hydrogen (secondary N) is 2. The van der Waals surface area contributed by atoms with E-state index >= 15 is 0 Å². The quantitative estimate of drug-likeness (QED) is 0.134. The zero-order chi connectivity index (χ0) is 22.7. The molecule has 1 amide bonds. The van der Waals surface area contributed by atoms with Gasteiger partial charge >= 0.3 is 5.69 Å². The van der Waals surface area contributed by atoms with Crippen LogP contribution < -0.4 is 32.8 Å². The van der Waals surface area contributed by atoms with Crippen molar-refractivity contribution in [2.75, 3.05) is 17.7 Å². The maximum atomic E-state index is 12.3. The number of aliphatic hydroxyl groups is 1. The molecule has 11 heteroatoms. The maximum absolute atomic E-state index is 12.3. The maximum Gasteiger partial charge on any atom is 0.499 e. The summed E-state index contributed by atoms with van der Waals surface area (Å²) in [7, 11) is 0. The number of hydrogen-bond donors (Lipinski definition) is 6. The molecular formula is C20H37N6O4S+. The van der Waals surface area contributed by atoms with Crippen molar-refractivity contribution in [1.82, 2.24) is 4.98 Å². The average molecular weight is 458 g/mol. The van der Waals surface area contributed by atoms with E-state index in [1.165, 1.54) is 16.3 Å². The topological polar surface area (TPSA) is 173 Å². The predicted molar refractivity (Wildman–Crippen MR) is 121 cm³/mol. The molecule has 2 atom stereocenters. The number of aromatic nitrogens is 2. The smallest absolute Gasteiger partial charge is 0.393 e. The molecule has 0 aliphatic carbocycles. The van der Waals surface area contributed by atoms with Crippen molar-refractivity contribution >= 4 is 23.5 Å². The highest BCUT2D eigenvalue weighted by molar-refractivity contribution is 8.00. The van der Waals surface area contributed by atoms with Gasteiger partial charge in [0.05, 0.1) is 12.4 Å². The minimum Gasteiger partial charge on any atom is -0.393 e. The second-order valence-corrected chi connectivity index (χ2v) is 9.28. The highest BCUT2D eigenvalue weighted by Crippen LogP contribution is 2.27. The van der Waals surface area contributed by atoms with E-state index in [9.17, 15) is 9.59 Å². The number of nitrogens with zero attached hydrogens (tertiary/aromatic N) is 1. The summed E-state index contributed by atoms with van der Waals surface area (Å²) >= 11 is 1.46. The molecule has 9 N–H and O–H groups in total. The lowest BCUT2D eigenvalue weighted by atomic mass is 10.0. The monoisotopic (exact) mass is 457 g/mol. The zero-order valence-electron chi connectivity index (χ0n) is 18.1. The number of nitrogens with two attached hydrogens (primary N) is 3. The van der Waals surface area contributed by atoms with Crippen molar-refractivity contribution in [3.05, 3.63) is 22.7 Å². The third kappa shape index (κ3) is 10.1. The van der Waals surface area contributed by atoms with Crippen LogP contribution in [0.1, 0.15) is 70.4 Å². The number of unbranched alkanes of at least 4 members (excludes halogenated alkanes) is 7. The molecule has 10 nitrogen and oxygen atoms in total. The number of aliphatic hydroxyl groups excluding tert-OH is 1. The summed E-state index contributed by atoms with van der Waals surface area (Å²) in [5.74, 6) is -0.218. The Hall–Kier alpha value is -1.50. The van der Waals surface area contributed by atoms with Crippen LogP contribution in [0.2, 0.25) is 0 Å². The Kier molecular flexibility index (Phi) is 10.9. The fourth-order valence-electron chi connectivity index (χ4n) is 3.42. The van der Waals surface area contributed by atoms with Gasteiger partial charge in [-0.1, -0.05) is 38.5 Å². The van der Waals surface area contributed by atoms with E-state index in [1.807, 2.05) is 0 Å². The molecule has 0 saturated carbocycles. The van der Waals surface area contributed by atoms with Crippen LogP contribution in [-0.4, -0.2) is 39.6 Å². The van der Waals surface area contributed by atoms with Crippen molar-refractivity contribution in [3.63, 3.8) is 0 Å². The summed E-state index contributed by atoms with van der Waals surface area (Å²) in [5.41, 5.74) is 16.0. The van der Waals surface area contributed by atoms with Gasteiger partial charge in [0.1, 0.15) is 17.4 Å². The van der Waals surface area contributed by atoms with Gasteiger partial charge in [-0.05, 0) is 19.3 Å². The lowest BCUT2D eigenvalue weighted by molar-refractivity contribution is -0.770. The molecule has 1 aromatic rings. The van der Waals surface area contributed by atoms with Gasteiger partial charge in [0.2, 0.25) is 18.0 Å². The van der Waals surface area contributed by atoms with Crippen LogP contribution >= 0.6 is 11.8 Å². The molecule has 1 fully saturated rings. The summed E-state index contributed by atoms with van der Waals surface area (Å²) in [6.07, 6.45) is 10.6. The van der Waals surface area contributed by atoms with Crippen molar-refractivity contribution in [3.8, 4) is 0 Å². The fourth-order valence-corrected chi connectivity index (χ4v) is 4.35. The van der Waals surface area contributed by atoms with E-state index in [2.05, 4.69) is 10.3 Å². The standard InChI is InChI=1S/C20H36N6O4S/c21-20(22,23)11-8-6-4-2-1-3-5-7-9-16(28)24-15-10-12-26(19(29)25-15)17-14-31-18(13-27)30-17/h10,12,17-18,27H,1-9,11,13-14,21-23H2,(H,24,25,28,29)/p+1/t17-,18+/m0/s1. The highest BCUT2D eigenvalue weighted by Gasteiger charge is 2.31. The number of ether oxygens (including phenoxy) is 1. The van der Waals surface area contributed by atoms with Gasteiger partial charge in [-0.2, -0.15) is 14.3 Å². The zero-order valence-corrected chi connectivity index (χ0v) is 18.9. The Bertz CT molecular complexity index is 739. The van der Waals surface area contributed by atoms with Crippen LogP contribution in [0, 0.1) is 0 Å². The van der Waals surface area contributed by atoms with Crippen molar-refractivity contribution in [1.29, 1.82) is 0 Å². The third-order valence-electron chi connectivity index (χ3n) is 5.11. The second kappa shape index (κ2) is 13.1. The minimum absolute atomic E-state index is 0.0906. The number of hydrogen-bond acceptors (Lipinski definition) is 8. The van der Waals surface area contributed by atoms with Gasteiger partial charge in [-0.15, -0.1) is 11.8 Å². The van der Waals surface area contributed by atoms with Gasteiger partial charge in [-0.3, -0.25) is 10.1 Å². The largest absolute Gasteiger partial charge is 0.499 e. The number of rotatable bonds is 14. The summed E-state index contributed by atoms with van der Waals surface area (Å²) in [6.45, 7) is -0.0906. The molecule has 1 saturated heterocycles. The molecule has 0 aromatic carbocycles. The first-order chi connectivity index (χ1) is 14.8. The molecule has 0 unspecified atom stereocenters. The van der Waals surface area contributed by atoms with Crippen LogP contribution in [0.3, 0.4) is 0 Å². The second-order valence-electron chi connectivity index (χ2n) is 8.09. The fraction of sp³-hybridized carbons (Fsp3) is 0.750. The SMILES string of the molecule is NC(N)(N)CCCCCCCCCCC(=O)Nc1cc[n+]([C@@H]2CS[C@H](CO)O2)c(=O)[nH]1. The molecule has 31 heavy (non-hydrogen) atoms. The van der Waals surface area contributed by atoms with Crippen LogP contribution in [0.25, 0.3) is 0 Å². The molecule has 2 rings (SSSR count). The first kappa shape index (κ1) is 25.8. The lowest BCUT2D eigenvalue weighted by Crippen LogP contribution is -2.57. The van der Waals surface area contributed by atoms with Crippen LogP contribution in [0.5, 0.6) is 0 Å². The van der Waals surface area contributed by atoms with Gasteiger partial charge in [-0.25, -0.2) is 0 Å². The first-order valence-corrected chi connectivity index (χ1v) is 12.0. The van der Waals surface area contributed by atoms with Crippen molar-refractivity contribution in [2.24, 2.45) is 17.2 Å². The predicted octanol–water partition coefficient (Wildman–Crippen LogP) is 0.612. The Morgan fingerprint density at radius 1 is 1.19 bits per heavy atom. The molecule has 2 heterocycles. The van der Waals surface area contributed by atoms with Crippen molar-refractivity contribution < 1.29 is 19.2 Å². The number of carbonyl (C=O) groups is 1. The van der Waals surface area contributed by atoms with Crippen LogP contribution in [-0.2, 0) is 9.53 Å². The van der Waals surface area contributed by atoms with E-state index in [1.54, 1.807) is 12.3 Å². The normalized spacial score (nSPS) is 19.0. The average Bonchev–Trinajstić information content (AvgIpc) is 3.17. The molecular weight excluding hydrogens is 420 g/mol. The van der Waals surface area contributed by atoms with Crippen molar-refractivity contribution in [2.45, 2.75) is 81.7 Å². The van der Waals surface area contributed by atoms with E-state index in [0.29, 0.717) is 24.4 Å². The number of aromatic amines is 1. The Morgan fingerprint density at radius 2 is 1.84 bits per heavy atom. The third-order valence-corrected chi connectivity index (χ3v) is 6.22. The van der Waals surface area contributed by atoms with E-state index < -0.39 is 12.0 Å². The number of H-pyrrole nitrogens is 1. The summed E-state index contributed by atoms with van der Waals surface area (Å²) in [6, 6.07) is 1.64. The van der Waals surface area contributed by atoms with Gasteiger partial charge in [0.25, 0.3) is 0 Å². The molecule has 176 valence electrons. The summed E-state index contributed by atoms with van der Waals surface area (Å²) in [4.78, 5) is 27.0. The van der Waals surface area contributed by atoms with Crippen LogP contribution in [0.15, 0.2) is 17.1 Å². The van der Waals surface area contributed by atoms with E-state index in [0.717, 1.165) is 51.4 Å². The van der Waals surface area contributed by atoms with E-state index in [-0.39, 0.29) is 23.6 Å². The number of amides is 1. The molecule has 0 spiro atoms. The van der Waals surface area contributed by atoms with Crippen LogP contribution in [0.4, 0.5) is 5.82 Å². The number of carbonyl (C=O) groups excluding carboxylic acids is 1. The van der Waals surface area contributed by atoms with Gasteiger partial charge in [0.15, 0.2) is 0 Å². The van der Waals surface area contributed by atoms with Gasteiger partial charge in [0, 0.05) is 12.5 Å². The number of thioether (sulfide) groups is 1. The Balaban J connectivity index is 1.56. The molecule has 1 aromatic heterocycles. The molecule has 1 aliphatic heterocycles. The number of anilines is 1. The highest BCUT2D eigenvalue weighted by atomic mass is 32.2. The Labute approximate surface area is 187 Å². The first-order valence-electron chi connectivity index (χ1n) is 11.0. The lowest BCUT2D eigenvalue weighted by Gasteiger charge is -2.17. The molecule has 1 aliphatic rings. The minimum atomic E-state index is -1.05. The Morgan fingerprint density at radius 3 is 2.42 bits per heavy atom. The molecule has 0 bridgehead atoms. The summed E-state index contributed by atoms with van der Waals surface area (Å²) in [5, 5.41) is 11.9.